The van der Waals surface area contributed by atoms with Gasteiger partial charge in [0.15, 0.2) is 0 Å². The summed E-state index contributed by atoms with van der Waals surface area (Å²) in [4.78, 5) is 5.18. The van der Waals surface area contributed by atoms with Gasteiger partial charge < -0.3 is 15.1 Å². The molecule has 2 fully saturated rings. The fraction of sp³-hybridized carbons (Fsp3) is 1.00. The third-order valence-corrected chi connectivity index (χ3v) is 5.33. The molecule has 1 saturated carbocycles. The molecule has 1 saturated heterocycles. The average Bonchev–Trinajstić information content (AvgIpc) is 2.54. The molecule has 0 aromatic carbocycles. The third-order valence-electron chi connectivity index (χ3n) is 5.33. The Hall–Kier alpha value is -0.120. The van der Waals surface area contributed by atoms with Gasteiger partial charge in [-0.15, -0.1) is 0 Å². The van der Waals surface area contributed by atoms with Gasteiger partial charge in [0.1, 0.15) is 0 Å². The lowest BCUT2D eigenvalue weighted by Gasteiger charge is -2.45. The Labute approximate surface area is 119 Å². The summed E-state index contributed by atoms with van der Waals surface area (Å²) < 4.78 is 0. The zero-order valence-corrected chi connectivity index (χ0v) is 13.4. The van der Waals surface area contributed by atoms with Crippen molar-refractivity contribution in [2.45, 2.75) is 45.6 Å². The van der Waals surface area contributed by atoms with Gasteiger partial charge in [-0.1, -0.05) is 20.3 Å². The van der Waals surface area contributed by atoms with Crippen molar-refractivity contribution in [1.29, 1.82) is 0 Å². The largest absolute Gasteiger partial charge is 0.316 e. The van der Waals surface area contributed by atoms with Crippen molar-refractivity contribution in [2.24, 2.45) is 11.3 Å². The predicted molar refractivity (Wildman–Crippen MR) is 82.5 cm³/mol. The van der Waals surface area contributed by atoms with Crippen LogP contribution in [-0.4, -0.2) is 62.7 Å². The zero-order valence-electron chi connectivity index (χ0n) is 13.4. The highest BCUT2D eigenvalue weighted by molar-refractivity contribution is 4.94. The van der Waals surface area contributed by atoms with Crippen molar-refractivity contribution in [3.63, 3.8) is 0 Å². The maximum absolute atomic E-state index is 3.62. The molecule has 2 unspecified atom stereocenters. The normalized spacial score (nSPS) is 34.1. The molecule has 0 bridgehead atoms. The van der Waals surface area contributed by atoms with E-state index in [1.807, 2.05) is 0 Å². The molecular formula is C16H33N3. The monoisotopic (exact) mass is 267 g/mol. The average molecular weight is 267 g/mol. The minimum absolute atomic E-state index is 0.459. The summed E-state index contributed by atoms with van der Waals surface area (Å²) in [7, 11) is 4.41. The van der Waals surface area contributed by atoms with E-state index in [2.05, 4.69) is 43.1 Å². The minimum atomic E-state index is 0.459. The summed E-state index contributed by atoms with van der Waals surface area (Å²) in [6.45, 7) is 11.2. The summed E-state index contributed by atoms with van der Waals surface area (Å²) in [5.74, 6) is 0.831. The van der Waals surface area contributed by atoms with E-state index in [9.17, 15) is 0 Å². The molecule has 1 N–H and O–H groups in total. The summed E-state index contributed by atoms with van der Waals surface area (Å²) >= 11 is 0. The third kappa shape index (κ3) is 3.93. The second-order valence-corrected chi connectivity index (χ2v) is 7.36. The van der Waals surface area contributed by atoms with Crippen LogP contribution in [0.1, 0.15) is 39.5 Å². The van der Waals surface area contributed by atoms with E-state index < -0.39 is 0 Å². The van der Waals surface area contributed by atoms with E-state index in [-0.39, 0.29) is 0 Å². The number of rotatable bonds is 3. The molecule has 19 heavy (non-hydrogen) atoms. The highest BCUT2D eigenvalue weighted by atomic mass is 15.2. The highest BCUT2D eigenvalue weighted by Gasteiger charge is 2.38. The van der Waals surface area contributed by atoms with Crippen LogP contribution in [0.2, 0.25) is 0 Å². The van der Waals surface area contributed by atoms with Crippen molar-refractivity contribution in [3.05, 3.63) is 0 Å². The summed E-state index contributed by atoms with van der Waals surface area (Å²) in [6, 6.07) is 0.683. The van der Waals surface area contributed by atoms with Crippen LogP contribution in [0.3, 0.4) is 0 Å². The van der Waals surface area contributed by atoms with Crippen molar-refractivity contribution in [3.8, 4) is 0 Å². The van der Waals surface area contributed by atoms with Gasteiger partial charge in [0, 0.05) is 25.7 Å². The molecule has 0 amide bonds. The first-order valence-electron chi connectivity index (χ1n) is 8.11. The van der Waals surface area contributed by atoms with Gasteiger partial charge in [-0.05, 0) is 57.8 Å². The first-order valence-corrected chi connectivity index (χ1v) is 8.11. The maximum Gasteiger partial charge on any atom is 0.0156 e. The highest BCUT2D eigenvalue weighted by Crippen LogP contribution is 2.39. The van der Waals surface area contributed by atoms with Crippen LogP contribution >= 0.6 is 0 Å². The predicted octanol–water partition coefficient (Wildman–Crippen LogP) is 2.04. The lowest BCUT2D eigenvalue weighted by Crippen LogP contribution is -2.52. The first kappa shape index (κ1) is 15.3. The van der Waals surface area contributed by atoms with Crippen molar-refractivity contribution >= 4 is 0 Å². The van der Waals surface area contributed by atoms with Crippen LogP contribution in [0.25, 0.3) is 0 Å². The van der Waals surface area contributed by atoms with E-state index in [1.165, 1.54) is 58.4 Å². The zero-order chi connectivity index (χ0) is 13.9. The molecule has 1 aliphatic carbocycles. The Morgan fingerprint density at radius 2 is 1.89 bits per heavy atom. The Bertz CT molecular complexity index is 277. The molecule has 0 aromatic rings. The van der Waals surface area contributed by atoms with E-state index in [0.29, 0.717) is 11.5 Å². The molecule has 3 heteroatoms. The number of likely N-dealkylation sites (N-methyl/N-ethyl adjacent to an activating group) is 1. The van der Waals surface area contributed by atoms with Gasteiger partial charge in [-0.3, -0.25) is 0 Å². The summed E-state index contributed by atoms with van der Waals surface area (Å²) in [5, 5.41) is 3.62. The van der Waals surface area contributed by atoms with Crippen LogP contribution < -0.4 is 5.32 Å². The second kappa shape index (κ2) is 6.55. The van der Waals surface area contributed by atoms with Gasteiger partial charge in [0.05, 0.1) is 0 Å². The topological polar surface area (TPSA) is 18.5 Å². The van der Waals surface area contributed by atoms with Crippen LogP contribution in [0.15, 0.2) is 0 Å². The molecule has 2 rings (SSSR count). The maximum atomic E-state index is 3.62. The quantitative estimate of drug-likeness (QED) is 0.844. The number of hydrogen-bond donors (Lipinski definition) is 1. The van der Waals surface area contributed by atoms with Crippen LogP contribution in [0.4, 0.5) is 0 Å². The minimum Gasteiger partial charge on any atom is -0.316 e. The van der Waals surface area contributed by atoms with E-state index in [4.69, 9.17) is 0 Å². The van der Waals surface area contributed by atoms with Crippen LogP contribution in [0, 0.1) is 11.3 Å². The van der Waals surface area contributed by atoms with E-state index in [0.717, 1.165) is 5.92 Å². The Kier molecular flexibility index (Phi) is 5.27. The molecular weight excluding hydrogens is 234 g/mol. The molecule has 2 aliphatic rings. The lowest BCUT2D eigenvalue weighted by atomic mass is 9.68. The first-order chi connectivity index (χ1) is 9.03. The SMILES string of the molecule is CNC1C(CN2CCCN(C)CC2)CCCC1(C)C. The molecule has 0 radical (unpaired) electrons. The standard InChI is InChI=1S/C16H33N3/c1-16(2)8-5-7-14(15(16)17-3)13-19-10-6-9-18(4)11-12-19/h14-15,17H,5-13H2,1-4H3. The number of hydrogen-bond acceptors (Lipinski definition) is 3. The Morgan fingerprint density at radius 1 is 1.11 bits per heavy atom. The van der Waals surface area contributed by atoms with Gasteiger partial charge in [0.2, 0.25) is 0 Å². The van der Waals surface area contributed by atoms with Gasteiger partial charge >= 0.3 is 0 Å². The lowest BCUT2D eigenvalue weighted by molar-refractivity contribution is 0.0846. The molecule has 1 aliphatic heterocycles. The smallest absolute Gasteiger partial charge is 0.0156 e. The molecule has 112 valence electrons. The summed E-state index contributed by atoms with van der Waals surface area (Å²) in [5.41, 5.74) is 0.459. The molecule has 0 spiro atoms. The van der Waals surface area contributed by atoms with Crippen LogP contribution in [-0.2, 0) is 0 Å². The van der Waals surface area contributed by atoms with Gasteiger partial charge in [0.25, 0.3) is 0 Å². The van der Waals surface area contributed by atoms with Crippen molar-refractivity contribution in [1.82, 2.24) is 15.1 Å². The van der Waals surface area contributed by atoms with Crippen molar-refractivity contribution < 1.29 is 0 Å². The number of nitrogens with one attached hydrogen (secondary N) is 1. The van der Waals surface area contributed by atoms with Crippen molar-refractivity contribution in [2.75, 3.05) is 46.8 Å². The fourth-order valence-electron chi connectivity index (χ4n) is 4.22. The fourth-order valence-corrected chi connectivity index (χ4v) is 4.22. The van der Waals surface area contributed by atoms with Gasteiger partial charge in [-0.25, -0.2) is 0 Å². The number of nitrogens with zero attached hydrogens (tertiary/aromatic N) is 2. The van der Waals surface area contributed by atoms with E-state index in [1.54, 1.807) is 0 Å². The molecule has 1 heterocycles. The van der Waals surface area contributed by atoms with E-state index >= 15 is 0 Å². The Balaban J connectivity index is 1.93. The Morgan fingerprint density at radius 3 is 2.63 bits per heavy atom. The van der Waals surface area contributed by atoms with Crippen LogP contribution in [0.5, 0.6) is 0 Å². The van der Waals surface area contributed by atoms with Gasteiger partial charge in [-0.2, -0.15) is 0 Å². The molecule has 2 atom stereocenters. The second-order valence-electron chi connectivity index (χ2n) is 7.36. The molecule has 3 nitrogen and oxygen atoms in total. The summed E-state index contributed by atoms with van der Waals surface area (Å²) in [6.07, 6.45) is 5.51. The molecule has 0 aromatic heterocycles.